The van der Waals surface area contributed by atoms with Crippen molar-refractivity contribution in [3.05, 3.63) is 29.8 Å². The molecule has 2 saturated heterocycles. The van der Waals surface area contributed by atoms with Crippen molar-refractivity contribution in [2.75, 3.05) is 19.4 Å². The van der Waals surface area contributed by atoms with Gasteiger partial charge in [0.1, 0.15) is 24.0 Å². The largest absolute Gasteiger partial charge is 0.493 e. The predicted molar refractivity (Wildman–Crippen MR) is 133 cm³/mol. The number of rotatable bonds is 5. The van der Waals surface area contributed by atoms with Gasteiger partial charge in [-0.3, -0.25) is 19.7 Å². The van der Waals surface area contributed by atoms with E-state index in [1.54, 1.807) is 23.7 Å². The Balaban J connectivity index is 1.42. The summed E-state index contributed by atoms with van der Waals surface area (Å²) in [5, 5.41) is 8.77. The number of nitrogens with zero attached hydrogens (tertiary/aromatic N) is 1. The Labute approximate surface area is 210 Å². The molecule has 35 heavy (non-hydrogen) atoms. The molecule has 10 heteroatoms. The minimum Gasteiger partial charge on any atom is -0.493 e. The number of thioether (sulfide) groups is 1. The third-order valence-corrected chi connectivity index (χ3v) is 9.30. The molecule has 1 aromatic carbocycles. The molecule has 3 amide bonds. The minimum atomic E-state index is -0.887. The first kappa shape index (κ1) is 24.4. The maximum Gasteiger partial charge on any atom is 0.252 e. The van der Waals surface area contributed by atoms with Gasteiger partial charge in [-0.05, 0) is 44.6 Å². The molecule has 1 spiro atoms. The lowest BCUT2D eigenvalue weighted by molar-refractivity contribution is -0.144. The van der Waals surface area contributed by atoms with Crippen LogP contribution in [0.5, 0.6) is 5.75 Å². The lowest BCUT2D eigenvalue weighted by atomic mass is 9.78. The number of nitrogens with one attached hydrogen (secondary N) is 3. The average molecular weight is 502 g/mol. The van der Waals surface area contributed by atoms with Crippen LogP contribution in [-0.4, -0.2) is 65.7 Å². The molecule has 190 valence electrons. The zero-order chi connectivity index (χ0) is 24.6. The summed E-state index contributed by atoms with van der Waals surface area (Å²) in [6.07, 6.45) is 5.17. The highest BCUT2D eigenvalue weighted by atomic mass is 32.2. The molecule has 0 bridgehead atoms. The number of carbonyl (C=O) groups is 3. The molecule has 5 atom stereocenters. The Bertz CT molecular complexity index is 984. The van der Waals surface area contributed by atoms with Crippen LogP contribution < -0.4 is 26.4 Å². The fourth-order valence-corrected chi connectivity index (χ4v) is 7.76. The zero-order valence-corrected chi connectivity index (χ0v) is 20.9. The normalized spacial score (nSPS) is 30.1. The summed E-state index contributed by atoms with van der Waals surface area (Å²) in [5.41, 5.74) is 6.57. The molecule has 5 N–H and O–H groups in total. The number of carbonyl (C=O) groups excluding carboxylic acids is 3. The lowest BCUT2D eigenvalue weighted by Gasteiger charge is -2.37. The van der Waals surface area contributed by atoms with Crippen LogP contribution in [-0.2, 0) is 14.4 Å². The van der Waals surface area contributed by atoms with Crippen molar-refractivity contribution in [1.82, 2.24) is 20.9 Å². The van der Waals surface area contributed by atoms with Gasteiger partial charge in [0.05, 0.1) is 18.0 Å². The van der Waals surface area contributed by atoms with Gasteiger partial charge in [0.15, 0.2) is 0 Å². The standard InChI is InChI=1S/C25H35N5O4S/c1-27-21(26)23(32)29-17-9-13-35-19-14-25(10-4-5-11-25)20(30(19)24(17)33)22(31)28-16-8-12-34-18-7-3-2-6-15(16)18/h2-3,6-7,16-17,19-21,27H,4-5,8-14,26H2,1H3,(H,28,31)(H,29,32)/t16-,17+,19?,20-,21-/m1/s1. The van der Waals surface area contributed by atoms with Gasteiger partial charge in [0.25, 0.3) is 5.91 Å². The topological polar surface area (TPSA) is 126 Å². The summed E-state index contributed by atoms with van der Waals surface area (Å²) in [4.78, 5) is 42.1. The highest BCUT2D eigenvalue weighted by Crippen LogP contribution is 2.55. The van der Waals surface area contributed by atoms with E-state index in [0.29, 0.717) is 19.4 Å². The number of likely N-dealkylation sites (N-methyl/N-ethyl adjacent to an activating group) is 1. The number of ether oxygens (including phenoxy) is 1. The Morgan fingerprint density at radius 3 is 2.71 bits per heavy atom. The summed E-state index contributed by atoms with van der Waals surface area (Å²) < 4.78 is 5.78. The van der Waals surface area contributed by atoms with Gasteiger partial charge in [-0.25, -0.2) is 0 Å². The van der Waals surface area contributed by atoms with E-state index in [4.69, 9.17) is 10.5 Å². The molecule has 3 fully saturated rings. The molecule has 3 aliphatic heterocycles. The van der Waals surface area contributed by atoms with E-state index >= 15 is 0 Å². The van der Waals surface area contributed by atoms with Gasteiger partial charge >= 0.3 is 0 Å². The lowest BCUT2D eigenvalue weighted by Crippen LogP contribution is -2.59. The van der Waals surface area contributed by atoms with Crippen molar-refractivity contribution >= 4 is 29.5 Å². The monoisotopic (exact) mass is 501 g/mol. The summed E-state index contributed by atoms with van der Waals surface area (Å²) in [6, 6.07) is 6.43. The Kier molecular flexibility index (Phi) is 6.96. The third-order valence-electron chi connectivity index (χ3n) is 8.05. The van der Waals surface area contributed by atoms with Gasteiger partial charge in [-0.2, -0.15) is 0 Å². The van der Waals surface area contributed by atoms with Crippen molar-refractivity contribution in [2.24, 2.45) is 11.1 Å². The van der Waals surface area contributed by atoms with Crippen molar-refractivity contribution in [3.63, 3.8) is 0 Å². The smallest absolute Gasteiger partial charge is 0.252 e. The second-order valence-corrected chi connectivity index (χ2v) is 11.4. The van der Waals surface area contributed by atoms with Gasteiger partial charge < -0.3 is 26.0 Å². The number of amides is 3. The molecular weight excluding hydrogens is 466 g/mol. The number of para-hydroxylation sites is 1. The number of fused-ring (bicyclic) bond motifs is 2. The third kappa shape index (κ3) is 4.51. The van der Waals surface area contributed by atoms with Gasteiger partial charge in [-0.15, -0.1) is 11.8 Å². The summed E-state index contributed by atoms with van der Waals surface area (Å²) in [6.45, 7) is 0.540. The quantitative estimate of drug-likeness (QED) is 0.447. The van der Waals surface area contributed by atoms with Crippen LogP contribution in [0, 0.1) is 5.41 Å². The van der Waals surface area contributed by atoms with Crippen LogP contribution in [0.2, 0.25) is 0 Å². The van der Waals surface area contributed by atoms with E-state index in [2.05, 4.69) is 16.0 Å². The van der Waals surface area contributed by atoms with Crippen molar-refractivity contribution in [2.45, 2.75) is 74.6 Å². The number of nitrogens with two attached hydrogens (primary N) is 1. The average Bonchev–Trinajstić information content (AvgIpc) is 3.43. The number of hydrogen-bond acceptors (Lipinski definition) is 7. The number of hydrogen-bond donors (Lipinski definition) is 4. The van der Waals surface area contributed by atoms with Crippen LogP contribution in [0.1, 0.15) is 56.6 Å². The first-order valence-electron chi connectivity index (χ1n) is 12.6. The number of benzene rings is 1. The van der Waals surface area contributed by atoms with Crippen molar-refractivity contribution < 1.29 is 19.1 Å². The zero-order valence-electron chi connectivity index (χ0n) is 20.1. The maximum absolute atomic E-state index is 14.0. The van der Waals surface area contributed by atoms with Crippen molar-refractivity contribution in [3.8, 4) is 5.75 Å². The SMILES string of the molecule is CN[C@@H](N)C(=O)N[C@H]1CCSC2CC3(CCCC3)[C@@H](C(=O)N[C@@H]3CCOc4ccccc43)N2C1=O. The molecule has 1 aromatic rings. The first-order chi connectivity index (χ1) is 16.9. The van der Waals surface area contributed by atoms with Crippen LogP contribution in [0.4, 0.5) is 0 Å². The van der Waals surface area contributed by atoms with Gasteiger partial charge in [0, 0.05) is 17.4 Å². The fourth-order valence-electron chi connectivity index (χ4n) is 6.28. The summed E-state index contributed by atoms with van der Waals surface area (Å²) >= 11 is 1.73. The van der Waals surface area contributed by atoms with E-state index in [-0.39, 0.29) is 28.6 Å². The van der Waals surface area contributed by atoms with E-state index in [9.17, 15) is 14.4 Å². The Morgan fingerprint density at radius 2 is 1.94 bits per heavy atom. The molecule has 1 aliphatic carbocycles. The van der Waals surface area contributed by atoms with E-state index in [0.717, 1.165) is 49.2 Å². The summed E-state index contributed by atoms with van der Waals surface area (Å²) in [7, 11) is 1.60. The Hall–Kier alpha value is -2.30. The van der Waals surface area contributed by atoms with Crippen LogP contribution in [0.15, 0.2) is 24.3 Å². The minimum absolute atomic E-state index is 0.0572. The second-order valence-electron chi connectivity index (χ2n) is 10.1. The van der Waals surface area contributed by atoms with Gasteiger partial charge in [-0.1, -0.05) is 31.0 Å². The molecule has 9 nitrogen and oxygen atoms in total. The van der Waals surface area contributed by atoms with Crippen LogP contribution in [0.3, 0.4) is 0 Å². The molecular formula is C25H35N5O4S. The van der Waals surface area contributed by atoms with Gasteiger partial charge in [0.2, 0.25) is 11.8 Å². The van der Waals surface area contributed by atoms with E-state index in [1.165, 1.54) is 0 Å². The molecule has 0 aromatic heterocycles. The van der Waals surface area contributed by atoms with E-state index < -0.39 is 24.2 Å². The summed E-state index contributed by atoms with van der Waals surface area (Å²) in [5.74, 6) is 0.861. The first-order valence-corrected chi connectivity index (χ1v) is 13.7. The van der Waals surface area contributed by atoms with E-state index in [1.807, 2.05) is 24.3 Å². The molecule has 1 saturated carbocycles. The highest BCUT2D eigenvalue weighted by molar-refractivity contribution is 7.99. The second kappa shape index (κ2) is 9.99. The fraction of sp³-hybridized carbons (Fsp3) is 0.640. The maximum atomic E-state index is 14.0. The van der Waals surface area contributed by atoms with Crippen LogP contribution >= 0.6 is 11.8 Å². The molecule has 4 aliphatic rings. The Morgan fingerprint density at radius 1 is 1.17 bits per heavy atom. The molecule has 1 unspecified atom stereocenters. The molecule has 3 heterocycles. The molecule has 0 radical (unpaired) electrons. The molecule has 5 rings (SSSR count). The van der Waals surface area contributed by atoms with Crippen molar-refractivity contribution in [1.29, 1.82) is 0 Å². The highest BCUT2D eigenvalue weighted by Gasteiger charge is 2.59. The van der Waals surface area contributed by atoms with Crippen LogP contribution in [0.25, 0.3) is 0 Å². The predicted octanol–water partition coefficient (Wildman–Crippen LogP) is 1.24.